The van der Waals surface area contributed by atoms with Crippen molar-refractivity contribution in [1.29, 1.82) is 0 Å². The third-order valence-corrected chi connectivity index (χ3v) is 3.42. The molecule has 10 heteroatoms. The van der Waals surface area contributed by atoms with Gasteiger partial charge in [-0.1, -0.05) is 13.3 Å². The predicted molar refractivity (Wildman–Crippen MR) is 101 cm³/mol. The molecule has 2 N–H and O–H groups in total. The van der Waals surface area contributed by atoms with E-state index < -0.39 is 12.8 Å². The second-order valence-corrected chi connectivity index (χ2v) is 5.84. The van der Waals surface area contributed by atoms with Crippen LogP contribution >= 0.6 is 0 Å². The Kier molecular flexibility index (Phi) is 12.0. The van der Waals surface area contributed by atoms with Crippen molar-refractivity contribution in [2.24, 2.45) is 4.99 Å². The second-order valence-electron chi connectivity index (χ2n) is 5.84. The van der Waals surface area contributed by atoms with Crippen molar-refractivity contribution in [3.8, 4) is 5.88 Å². The lowest BCUT2D eigenvalue weighted by molar-refractivity contribution is -0.154. The van der Waals surface area contributed by atoms with Gasteiger partial charge in [-0.3, -0.25) is 4.99 Å². The van der Waals surface area contributed by atoms with E-state index in [1.165, 1.54) is 12.3 Å². The summed E-state index contributed by atoms with van der Waals surface area (Å²) in [5.41, 5.74) is 0.718. The largest absolute Gasteiger partial charge is 0.468 e. The van der Waals surface area contributed by atoms with Crippen LogP contribution in [0.25, 0.3) is 0 Å². The number of aromatic nitrogens is 1. The van der Waals surface area contributed by atoms with Crippen LogP contribution in [0.5, 0.6) is 5.88 Å². The molecule has 1 aromatic rings. The zero-order valence-electron chi connectivity index (χ0n) is 16.3. The molecule has 0 aliphatic carbocycles. The molecule has 0 spiro atoms. The van der Waals surface area contributed by atoms with Crippen molar-refractivity contribution in [2.45, 2.75) is 32.5 Å². The third-order valence-electron chi connectivity index (χ3n) is 3.42. The Bertz CT molecular complexity index is 571. The highest BCUT2D eigenvalue weighted by atomic mass is 19.4. The number of unbranched alkanes of at least 4 members (excludes halogenated alkanes) is 1. The van der Waals surface area contributed by atoms with E-state index in [2.05, 4.69) is 32.3 Å². The molecular weight excluding hydrogens is 377 g/mol. The zero-order valence-corrected chi connectivity index (χ0v) is 16.3. The van der Waals surface area contributed by atoms with Crippen molar-refractivity contribution in [1.82, 2.24) is 15.6 Å². The summed E-state index contributed by atoms with van der Waals surface area (Å²) in [5.74, 6) is 0.478. The number of hydrogen-bond acceptors (Lipinski definition) is 5. The Morgan fingerprint density at radius 2 is 1.89 bits per heavy atom. The fourth-order valence-electron chi connectivity index (χ4n) is 2.01. The van der Waals surface area contributed by atoms with E-state index in [1.54, 1.807) is 13.1 Å². The average Bonchev–Trinajstić information content (AvgIpc) is 2.67. The molecule has 0 radical (unpaired) electrons. The van der Waals surface area contributed by atoms with Gasteiger partial charge in [0.2, 0.25) is 5.88 Å². The molecule has 0 bridgehead atoms. The van der Waals surface area contributed by atoms with Crippen LogP contribution in [0.4, 0.5) is 13.2 Å². The number of alkyl halides is 3. The number of rotatable bonds is 13. The first-order chi connectivity index (χ1) is 13.4. The Morgan fingerprint density at radius 1 is 1.14 bits per heavy atom. The maximum atomic E-state index is 12.2. The third kappa shape index (κ3) is 12.3. The summed E-state index contributed by atoms with van der Waals surface area (Å²) in [6.07, 6.45) is -0.837. The van der Waals surface area contributed by atoms with Crippen molar-refractivity contribution in [3.05, 3.63) is 23.9 Å². The molecule has 0 atom stereocenters. The van der Waals surface area contributed by atoms with Gasteiger partial charge in [-0.2, -0.15) is 13.2 Å². The predicted octanol–water partition coefficient (Wildman–Crippen LogP) is 2.52. The molecular formula is C18H29F3N4O3. The van der Waals surface area contributed by atoms with Crippen LogP contribution in [0.2, 0.25) is 0 Å². The highest BCUT2D eigenvalue weighted by Gasteiger charge is 2.28. The topological polar surface area (TPSA) is 77.0 Å². The minimum absolute atomic E-state index is 0.0749. The van der Waals surface area contributed by atoms with Crippen molar-refractivity contribution < 1.29 is 27.4 Å². The molecule has 1 rings (SSSR count). The Balaban J connectivity index is 2.22. The molecule has 0 aromatic carbocycles. The van der Waals surface area contributed by atoms with Gasteiger partial charge in [0.05, 0.1) is 19.8 Å². The molecule has 1 heterocycles. The summed E-state index contributed by atoms with van der Waals surface area (Å²) in [6.45, 7) is 4.03. The molecule has 0 aliphatic rings. The number of guanidine groups is 1. The molecule has 0 saturated carbocycles. The van der Waals surface area contributed by atoms with Gasteiger partial charge in [0.1, 0.15) is 0 Å². The van der Waals surface area contributed by atoms with Gasteiger partial charge in [-0.15, -0.1) is 0 Å². The number of nitrogens with one attached hydrogen (secondary N) is 2. The number of nitrogens with zero attached hydrogens (tertiary/aromatic N) is 2. The fourth-order valence-corrected chi connectivity index (χ4v) is 2.01. The molecule has 1 aromatic heterocycles. The first kappa shape index (κ1) is 24.0. The molecule has 0 unspecified atom stereocenters. The van der Waals surface area contributed by atoms with E-state index >= 15 is 0 Å². The Labute approximate surface area is 163 Å². The maximum absolute atomic E-state index is 12.2. The summed E-state index contributed by atoms with van der Waals surface area (Å²) in [4.78, 5) is 7.85. The number of halogens is 3. The van der Waals surface area contributed by atoms with Crippen LogP contribution in [-0.4, -0.2) is 63.7 Å². The van der Waals surface area contributed by atoms with Gasteiger partial charge in [0.25, 0.3) is 0 Å². The van der Waals surface area contributed by atoms with E-state index in [9.17, 15) is 13.2 Å². The van der Waals surface area contributed by atoms with Crippen LogP contribution in [0.15, 0.2) is 23.3 Å². The van der Waals surface area contributed by atoms with Gasteiger partial charge in [-0.25, -0.2) is 4.98 Å². The number of hydrogen-bond donors (Lipinski definition) is 2. The Hall–Kier alpha value is -2.07. The molecule has 0 fully saturated rings. The summed E-state index contributed by atoms with van der Waals surface area (Å²) in [6, 6.07) is 3.13. The average molecular weight is 406 g/mol. The van der Waals surface area contributed by atoms with Crippen molar-refractivity contribution >= 4 is 5.96 Å². The zero-order chi connectivity index (χ0) is 20.7. The normalized spacial score (nSPS) is 12.1. The molecule has 0 saturated heterocycles. The highest BCUT2D eigenvalue weighted by molar-refractivity contribution is 5.79. The molecule has 0 amide bonds. The van der Waals surface area contributed by atoms with Crippen LogP contribution in [-0.2, 0) is 16.0 Å². The number of pyridine rings is 1. The minimum atomic E-state index is -4.40. The fraction of sp³-hybridized carbons (Fsp3) is 0.667. The van der Waals surface area contributed by atoms with E-state index in [0.717, 1.165) is 25.0 Å². The number of aliphatic imine (C=N–C) groups is 1. The first-order valence-corrected chi connectivity index (χ1v) is 9.19. The quantitative estimate of drug-likeness (QED) is 0.298. The standard InChI is InChI=1S/C18H29F3N4O3/c1-3-4-8-26-10-11-27-9-7-24-17(22-2)25-13-15-5-6-23-16(12-15)28-14-18(19,20)21/h5-6,12H,3-4,7-11,13-14H2,1-2H3,(H2,22,24,25). The van der Waals surface area contributed by atoms with Crippen LogP contribution in [0, 0.1) is 0 Å². The van der Waals surface area contributed by atoms with Crippen LogP contribution in [0.1, 0.15) is 25.3 Å². The summed E-state index contributed by atoms with van der Waals surface area (Å²) >= 11 is 0. The van der Waals surface area contributed by atoms with Gasteiger partial charge < -0.3 is 24.8 Å². The summed E-state index contributed by atoms with van der Waals surface area (Å²) < 4.78 is 52.1. The Morgan fingerprint density at radius 3 is 2.57 bits per heavy atom. The van der Waals surface area contributed by atoms with Gasteiger partial charge in [0.15, 0.2) is 12.6 Å². The molecule has 28 heavy (non-hydrogen) atoms. The molecule has 0 aliphatic heterocycles. The van der Waals surface area contributed by atoms with Gasteiger partial charge >= 0.3 is 6.18 Å². The molecule has 160 valence electrons. The van der Waals surface area contributed by atoms with Crippen molar-refractivity contribution in [3.63, 3.8) is 0 Å². The summed E-state index contributed by atoms with van der Waals surface area (Å²) in [5, 5.41) is 6.15. The minimum Gasteiger partial charge on any atom is -0.468 e. The van der Waals surface area contributed by atoms with E-state index in [4.69, 9.17) is 9.47 Å². The van der Waals surface area contributed by atoms with Crippen molar-refractivity contribution in [2.75, 3.05) is 46.6 Å². The lowest BCUT2D eigenvalue weighted by atomic mass is 10.2. The lowest BCUT2D eigenvalue weighted by Gasteiger charge is -2.13. The van der Waals surface area contributed by atoms with E-state index in [0.29, 0.717) is 38.9 Å². The van der Waals surface area contributed by atoms with E-state index in [-0.39, 0.29) is 5.88 Å². The monoisotopic (exact) mass is 406 g/mol. The second kappa shape index (κ2) is 14.0. The maximum Gasteiger partial charge on any atom is 0.422 e. The molecule has 7 nitrogen and oxygen atoms in total. The van der Waals surface area contributed by atoms with Crippen LogP contribution in [0.3, 0.4) is 0 Å². The van der Waals surface area contributed by atoms with Gasteiger partial charge in [-0.05, 0) is 18.1 Å². The first-order valence-electron chi connectivity index (χ1n) is 9.19. The highest BCUT2D eigenvalue weighted by Crippen LogP contribution is 2.17. The van der Waals surface area contributed by atoms with Crippen LogP contribution < -0.4 is 15.4 Å². The lowest BCUT2D eigenvalue weighted by Crippen LogP contribution is -2.38. The SMILES string of the molecule is CCCCOCCOCCNC(=NC)NCc1ccnc(OCC(F)(F)F)c1. The smallest absolute Gasteiger partial charge is 0.422 e. The summed E-state index contributed by atoms with van der Waals surface area (Å²) in [7, 11) is 1.63. The number of ether oxygens (including phenoxy) is 3. The van der Waals surface area contributed by atoms with E-state index in [1.807, 2.05) is 0 Å². The van der Waals surface area contributed by atoms with Gasteiger partial charge in [0, 0.05) is 39.0 Å².